The van der Waals surface area contributed by atoms with Gasteiger partial charge in [-0.3, -0.25) is 4.79 Å². The second-order valence-electron chi connectivity index (χ2n) is 3.81. The molecule has 5 nitrogen and oxygen atoms in total. The van der Waals surface area contributed by atoms with Crippen LogP contribution in [0, 0.1) is 0 Å². The molecule has 0 fully saturated rings. The summed E-state index contributed by atoms with van der Waals surface area (Å²) >= 11 is 1.22. The standard InChI is InChI=1S/C12H17NO4S/c1-5-17-12(15)10-11(8(3)14)18-9(13-10)6-7(2)16-4/h7H,5-6H2,1-4H3. The second-order valence-corrected chi connectivity index (χ2v) is 4.90. The zero-order chi connectivity index (χ0) is 13.7. The van der Waals surface area contributed by atoms with E-state index in [9.17, 15) is 9.59 Å². The molecule has 1 aromatic heterocycles. The molecule has 1 atom stereocenters. The number of carbonyl (C=O) groups excluding carboxylic acids is 2. The lowest BCUT2D eigenvalue weighted by Gasteiger charge is -2.05. The van der Waals surface area contributed by atoms with Gasteiger partial charge in [-0.05, 0) is 13.8 Å². The first kappa shape index (κ1) is 14.8. The molecular weight excluding hydrogens is 254 g/mol. The maximum Gasteiger partial charge on any atom is 0.358 e. The first-order valence-corrected chi connectivity index (χ1v) is 6.51. The van der Waals surface area contributed by atoms with E-state index in [0.717, 1.165) is 0 Å². The molecule has 0 aliphatic carbocycles. The van der Waals surface area contributed by atoms with Crippen molar-refractivity contribution in [3.63, 3.8) is 0 Å². The normalized spacial score (nSPS) is 12.2. The van der Waals surface area contributed by atoms with Gasteiger partial charge in [0.25, 0.3) is 0 Å². The summed E-state index contributed by atoms with van der Waals surface area (Å²) in [4.78, 5) is 27.7. The van der Waals surface area contributed by atoms with Gasteiger partial charge in [0.05, 0.1) is 17.7 Å². The predicted octanol–water partition coefficient (Wildman–Crippen LogP) is 2.10. The molecule has 18 heavy (non-hydrogen) atoms. The van der Waals surface area contributed by atoms with Gasteiger partial charge in [-0.1, -0.05) is 0 Å². The number of aromatic nitrogens is 1. The van der Waals surface area contributed by atoms with E-state index in [1.165, 1.54) is 18.3 Å². The molecule has 0 saturated heterocycles. The molecular formula is C12H17NO4S. The van der Waals surface area contributed by atoms with Crippen LogP contribution in [0.2, 0.25) is 0 Å². The number of hydrogen-bond donors (Lipinski definition) is 0. The van der Waals surface area contributed by atoms with Gasteiger partial charge in [-0.25, -0.2) is 9.78 Å². The van der Waals surface area contributed by atoms with Crippen LogP contribution >= 0.6 is 11.3 Å². The Labute approximate surface area is 110 Å². The number of nitrogens with zero attached hydrogens (tertiary/aromatic N) is 1. The summed E-state index contributed by atoms with van der Waals surface area (Å²) in [6, 6.07) is 0. The molecule has 6 heteroatoms. The minimum Gasteiger partial charge on any atom is -0.461 e. The van der Waals surface area contributed by atoms with E-state index < -0.39 is 5.97 Å². The van der Waals surface area contributed by atoms with Crippen LogP contribution in [0.4, 0.5) is 0 Å². The van der Waals surface area contributed by atoms with Crippen LogP contribution in [0.5, 0.6) is 0 Å². The third-order valence-electron chi connectivity index (χ3n) is 2.32. The van der Waals surface area contributed by atoms with E-state index in [4.69, 9.17) is 9.47 Å². The summed E-state index contributed by atoms with van der Waals surface area (Å²) in [5, 5.41) is 0.706. The van der Waals surface area contributed by atoms with Crippen molar-refractivity contribution in [2.24, 2.45) is 0 Å². The number of esters is 1. The average molecular weight is 271 g/mol. The number of hydrogen-bond acceptors (Lipinski definition) is 6. The predicted molar refractivity (Wildman–Crippen MR) is 68.3 cm³/mol. The minimum absolute atomic E-state index is 0.00833. The van der Waals surface area contributed by atoms with Crippen LogP contribution in [0.25, 0.3) is 0 Å². The zero-order valence-electron chi connectivity index (χ0n) is 11.0. The van der Waals surface area contributed by atoms with Gasteiger partial charge >= 0.3 is 5.97 Å². The Bertz CT molecular complexity index is 441. The fourth-order valence-corrected chi connectivity index (χ4v) is 2.42. The molecule has 0 amide bonds. The van der Waals surface area contributed by atoms with Crippen molar-refractivity contribution in [2.45, 2.75) is 33.3 Å². The van der Waals surface area contributed by atoms with E-state index >= 15 is 0 Å². The molecule has 1 rings (SSSR count). The van der Waals surface area contributed by atoms with E-state index in [1.807, 2.05) is 6.92 Å². The average Bonchev–Trinajstić information content (AvgIpc) is 2.73. The van der Waals surface area contributed by atoms with Gasteiger partial charge in [-0.2, -0.15) is 0 Å². The topological polar surface area (TPSA) is 65.5 Å². The molecule has 0 spiro atoms. The SMILES string of the molecule is CCOC(=O)c1nc(CC(C)OC)sc1C(C)=O. The maximum absolute atomic E-state index is 11.7. The van der Waals surface area contributed by atoms with Gasteiger partial charge in [0.15, 0.2) is 11.5 Å². The highest BCUT2D eigenvalue weighted by molar-refractivity contribution is 7.14. The van der Waals surface area contributed by atoms with Crippen LogP contribution in [-0.4, -0.2) is 36.6 Å². The Hall–Kier alpha value is -1.27. The van der Waals surface area contributed by atoms with Crippen molar-refractivity contribution >= 4 is 23.1 Å². The largest absolute Gasteiger partial charge is 0.461 e. The lowest BCUT2D eigenvalue weighted by molar-refractivity contribution is 0.0516. The zero-order valence-corrected chi connectivity index (χ0v) is 11.8. The van der Waals surface area contributed by atoms with Crippen molar-refractivity contribution in [1.82, 2.24) is 4.98 Å². The maximum atomic E-state index is 11.7. The van der Waals surface area contributed by atoms with Crippen molar-refractivity contribution < 1.29 is 19.1 Å². The molecule has 0 bridgehead atoms. The van der Waals surface area contributed by atoms with Crippen LogP contribution in [-0.2, 0) is 15.9 Å². The molecule has 1 heterocycles. The fraction of sp³-hybridized carbons (Fsp3) is 0.583. The number of ether oxygens (including phenoxy) is 2. The van der Waals surface area contributed by atoms with Gasteiger partial charge in [0.2, 0.25) is 0 Å². The molecule has 0 radical (unpaired) electrons. The number of methoxy groups -OCH3 is 1. The number of ketones is 1. The lowest BCUT2D eigenvalue weighted by Crippen LogP contribution is -2.11. The Morgan fingerprint density at radius 1 is 1.44 bits per heavy atom. The molecule has 100 valence electrons. The Balaban J connectivity index is 3.01. The lowest BCUT2D eigenvalue weighted by atomic mass is 10.3. The minimum atomic E-state index is -0.546. The first-order chi connectivity index (χ1) is 8.49. The highest BCUT2D eigenvalue weighted by Gasteiger charge is 2.22. The Morgan fingerprint density at radius 3 is 2.61 bits per heavy atom. The molecule has 0 aromatic carbocycles. The quantitative estimate of drug-likeness (QED) is 0.585. The van der Waals surface area contributed by atoms with Gasteiger partial charge < -0.3 is 9.47 Å². The van der Waals surface area contributed by atoms with Gasteiger partial charge in [-0.15, -0.1) is 11.3 Å². The molecule has 1 aromatic rings. The summed E-state index contributed by atoms with van der Waals surface area (Å²) in [7, 11) is 1.61. The third-order valence-corrected chi connectivity index (χ3v) is 3.50. The highest BCUT2D eigenvalue weighted by atomic mass is 32.1. The van der Waals surface area contributed by atoms with E-state index in [-0.39, 0.29) is 24.2 Å². The summed E-state index contributed by atoms with van der Waals surface area (Å²) in [6.45, 7) is 5.29. The van der Waals surface area contributed by atoms with Crippen LogP contribution in [0.3, 0.4) is 0 Å². The van der Waals surface area contributed by atoms with Crippen molar-refractivity contribution in [1.29, 1.82) is 0 Å². The summed E-state index contributed by atoms with van der Waals surface area (Å²) in [6.07, 6.45) is 0.562. The van der Waals surface area contributed by atoms with Crippen LogP contribution in [0.1, 0.15) is 45.9 Å². The molecule has 0 aliphatic heterocycles. The summed E-state index contributed by atoms with van der Waals surface area (Å²) < 4.78 is 10.0. The Morgan fingerprint density at radius 2 is 2.11 bits per heavy atom. The van der Waals surface area contributed by atoms with E-state index in [2.05, 4.69) is 4.98 Å². The smallest absolute Gasteiger partial charge is 0.358 e. The van der Waals surface area contributed by atoms with Crippen LogP contribution < -0.4 is 0 Å². The van der Waals surface area contributed by atoms with E-state index in [0.29, 0.717) is 16.3 Å². The summed E-state index contributed by atoms with van der Waals surface area (Å²) in [5.41, 5.74) is 0.118. The third kappa shape index (κ3) is 3.61. The highest BCUT2D eigenvalue weighted by Crippen LogP contribution is 2.22. The fourth-order valence-electron chi connectivity index (χ4n) is 1.36. The van der Waals surface area contributed by atoms with Gasteiger partial charge in [0.1, 0.15) is 4.88 Å². The molecule has 1 unspecified atom stereocenters. The second kappa shape index (κ2) is 6.61. The first-order valence-electron chi connectivity index (χ1n) is 5.70. The van der Waals surface area contributed by atoms with Crippen molar-refractivity contribution in [2.75, 3.05) is 13.7 Å². The molecule has 0 saturated carbocycles. The van der Waals surface area contributed by atoms with Gasteiger partial charge in [0, 0.05) is 20.5 Å². The Kier molecular flexibility index (Phi) is 5.43. The van der Waals surface area contributed by atoms with Crippen LogP contribution in [0.15, 0.2) is 0 Å². The summed E-state index contributed by atoms with van der Waals surface area (Å²) in [5.74, 6) is -0.720. The molecule has 0 N–H and O–H groups in total. The number of carbonyl (C=O) groups is 2. The number of thiazole rings is 1. The monoisotopic (exact) mass is 271 g/mol. The molecule has 0 aliphatic rings. The van der Waals surface area contributed by atoms with Crippen molar-refractivity contribution in [3.8, 4) is 0 Å². The van der Waals surface area contributed by atoms with Crippen molar-refractivity contribution in [3.05, 3.63) is 15.6 Å². The number of Topliss-reactive ketones (excluding diaryl/α,β-unsaturated/α-hetero) is 1. The number of rotatable bonds is 6. The van der Waals surface area contributed by atoms with E-state index in [1.54, 1.807) is 14.0 Å².